The quantitative estimate of drug-likeness (QED) is 0.451. The van der Waals surface area contributed by atoms with Gasteiger partial charge in [0.05, 0.1) is 25.0 Å². The first-order chi connectivity index (χ1) is 17.4. The van der Waals surface area contributed by atoms with Gasteiger partial charge in [0.25, 0.3) is 0 Å². The van der Waals surface area contributed by atoms with Crippen molar-refractivity contribution in [2.75, 3.05) is 27.4 Å². The Labute approximate surface area is 206 Å². The molecule has 0 N–H and O–H groups in total. The Morgan fingerprint density at radius 1 is 0.639 bits per heavy atom. The minimum Gasteiger partial charge on any atom is -0.466 e. The highest BCUT2D eigenvalue weighted by atomic mass is 16.6. The molecule has 5 aliphatic carbocycles. The van der Waals surface area contributed by atoms with E-state index < -0.39 is 47.9 Å². The Hall–Kier alpha value is -3.68. The van der Waals surface area contributed by atoms with E-state index in [2.05, 4.69) is 33.7 Å². The molecule has 0 saturated heterocycles. The van der Waals surface area contributed by atoms with Crippen LogP contribution in [0.3, 0.4) is 0 Å². The van der Waals surface area contributed by atoms with Crippen molar-refractivity contribution in [3.63, 3.8) is 0 Å². The second-order valence-corrected chi connectivity index (χ2v) is 10.4. The third kappa shape index (κ3) is 2.07. The van der Waals surface area contributed by atoms with E-state index in [-0.39, 0.29) is 35.5 Å². The van der Waals surface area contributed by atoms with Crippen LogP contribution in [0.15, 0.2) is 48.5 Å². The number of rotatable bonds is 6. The van der Waals surface area contributed by atoms with Crippen molar-refractivity contribution in [1.82, 2.24) is 0 Å². The lowest BCUT2D eigenvalue weighted by molar-refractivity contribution is -0.361. The van der Waals surface area contributed by atoms with E-state index in [0.717, 1.165) is 22.3 Å². The van der Waals surface area contributed by atoms with Crippen LogP contribution in [0.2, 0.25) is 0 Å². The fourth-order valence-electron chi connectivity index (χ4n) is 8.98. The number of carbonyl (C=O) groups is 4. The van der Waals surface area contributed by atoms with Crippen LogP contribution in [0.1, 0.15) is 45.9 Å². The first kappa shape index (κ1) is 21.6. The van der Waals surface area contributed by atoms with Gasteiger partial charge in [-0.3, -0.25) is 9.59 Å². The molecule has 4 atom stereocenters. The van der Waals surface area contributed by atoms with Crippen LogP contribution in [0.5, 0.6) is 0 Å². The van der Waals surface area contributed by atoms with Crippen LogP contribution >= 0.6 is 0 Å². The first-order valence-corrected chi connectivity index (χ1v) is 12.1. The molecule has 2 aromatic rings. The Morgan fingerprint density at radius 3 is 1.36 bits per heavy atom. The third-order valence-corrected chi connectivity index (χ3v) is 9.71. The van der Waals surface area contributed by atoms with E-state index in [1.807, 2.05) is 24.3 Å². The number of benzene rings is 2. The van der Waals surface area contributed by atoms with E-state index in [4.69, 9.17) is 9.47 Å². The molecule has 0 radical (unpaired) electrons. The second-order valence-electron chi connectivity index (χ2n) is 10.4. The van der Waals surface area contributed by atoms with E-state index in [1.54, 1.807) is 0 Å². The van der Waals surface area contributed by atoms with Gasteiger partial charge in [0.15, 0.2) is 13.2 Å². The lowest BCUT2D eigenvalue weighted by Gasteiger charge is -2.90. The maximum Gasteiger partial charge on any atom is 0.344 e. The van der Waals surface area contributed by atoms with Crippen molar-refractivity contribution in [3.8, 4) is 0 Å². The summed E-state index contributed by atoms with van der Waals surface area (Å²) in [4.78, 5) is 51.2. The summed E-state index contributed by atoms with van der Waals surface area (Å²) in [7, 11) is 2.48. The van der Waals surface area contributed by atoms with Gasteiger partial charge in [-0.05, 0) is 34.1 Å². The summed E-state index contributed by atoms with van der Waals surface area (Å²) in [5.74, 6) is -3.35. The molecule has 36 heavy (non-hydrogen) atoms. The molecule has 7 rings (SSSR count). The molecule has 3 fully saturated rings. The molecule has 3 saturated carbocycles. The van der Waals surface area contributed by atoms with Gasteiger partial charge in [-0.2, -0.15) is 0 Å². The number of esters is 4. The summed E-state index contributed by atoms with van der Waals surface area (Å²) >= 11 is 0. The average molecular weight is 488 g/mol. The fraction of sp³-hybridized carbons (Fsp3) is 0.429. The summed E-state index contributed by atoms with van der Waals surface area (Å²) < 4.78 is 20.4. The number of fused-ring (bicyclic) bond motifs is 8. The van der Waals surface area contributed by atoms with Gasteiger partial charge in [0, 0.05) is 23.7 Å². The lowest BCUT2D eigenvalue weighted by atomic mass is 9.09. The number of methoxy groups -OCH3 is 2. The fourth-order valence-corrected chi connectivity index (χ4v) is 8.98. The summed E-state index contributed by atoms with van der Waals surface area (Å²) in [5.41, 5.74) is 2.69. The Morgan fingerprint density at radius 2 is 1.00 bits per heavy atom. The van der Waals surface area contributed by atoms with Gasteiger partial charge in [-0.15, -0.1) is 0 Å². The third-order valence-electron chi connectivity index (χ3n) is 9.71. The van der Waals surface area contributed by atoms with Gasteiger partial charge in [0.1, 0.15) is 0 Å². The minimum atomic E-state index is -0.925. The van der Waals surface area contributed by atoms with Gasteiger partial charge in [-0.25, -0.2) is 9.59 Å². The SMILES string of the molecule is COC(=O)COC(=O)C12C3[C@H]4c5ccccc5[C@@H]5[C@H](c6ccccc6[C@H]41)C2C35C(=O)OCC(=O)OC. The Kier molecular flexibility index (Phi) is 4.17. The normalized spacial score (nSPS) is 36.4. The summed E-state index contributed by atoms with van der Waals surface area (Å²) in [6, 6.07) is 16.3. The topological polar surface area (TPSA) is 105 Å². The van der Waals surface area contributed by atoms with Crippen molar-refractivity contribution in [3.05, 3.63) is 70.8 Å². The molecule has 5 aliphatic rings. The Bertz CT molecular complexity index is 1250. The molecule has 0 amide bonds. The maximum atomic E-state index is 13.8. The number of hydrogen-bond acceptors (Lipinski definition) is 8. The molecule has 0 aromatic heterocycles. The van der Waals surface area contributed by atoms with Crippen LogP contribution in [0.25, 0.3) is 0 Å². The molecule has 0 spiro atoms. The van der Waals surface area contributed by atoms with Crippen LogP contribution in [-0.2, 0) is 38.1 Å². The highest BCUT2D eigenvalue weighted by Crippen LogP contribution is 2.98. The predicted octanol–water partition coefficient (Wildman–Crippen LogP) is 2.43. The van der Waals surface area contributed by atoms with Gasteiger partial charge >= 0.3 is 23.9 Å². The Balaban J connectivity index is 1.40. The molecule has 0 unspecified atom stereocenters. The number of carbonyl (C=O) groups excluding carboxylic acids is 4. The lowest BCUT2D eigenvalue weighted by Crippen LogP contribution is -2.91. The van der Waals surface area contributed by atoms with Gasteiger partial charge in [-0.1, -0.05) is 48.5 Å². The van der Waals surface area contributed by atoms with Crippen molar-refractivity contribution in [1.29, 1.82) is 0 Å². The van der Waals surface area contributed by atoms with E-state index in [0.29, 0.717) is 0 Å². The summed E-state index contributed by atoms with van der Waals surface area (Å²) in [5, 5.41) is 0. The second kappa shape index (κ2) is 6.96. The van der Waals surface area contributed by atoms with Gasteiger partial charge in [0.2, 0.25) is 0 Å². The zero-order valence-electron chi connectivity index (χ0n) is 19.8. The number of ether oxygens (including phenoxy) is 4. The zero-order valence-corrected chi connectivity index (χ0v) is 19.8. The zero-order chi connectivity index (χ0) is 25.0. The molecule has 8 heteroatoms. The molecule has 184 valence electrons. The largest absolute Gasteiger partial charge is 0.466 e. The van der Waals surface area contributed by atoms with Crippen molar-refractivity contribution < 1.29 is 38.1 Å². The van der Waals surface area contributed by atoms with Crippen LogP contribution in [0.4, 0.5) is 0 Å². The smallest absolute Gasteiger partial charge is 0.344 e. The van der Waals surface area contributed by atoms with Crippen LogP contribution in [-0.4, -0.2) is 51.3 Å². The summed E-state index contributed by atoms with van der Waals surface area (Å²) in [6.45, 7) is -0.944. The van der Waals surface area contributed by atoms with E-state index in [1.165, 1.54) is 14.2 Å². The van der Waals surface area contributed by atoms with Crippen molar-refractivity contribution >= 4 is 23.9 Å². The highest BCUT2D eigenvalue weighted by Gasteiger charge is 2.99. The van der Waals surface area contributed by atoms with Crippen molar-refractivity contribution in [2.24, 2.45) is 22.7 Å². The molecular formula is C28H24O8. The molecule has 0 aliphatic heterocycles. The molecular weight excluding hydrogens is 464 g/mol. The molecule has 0 heterocycles. The van der Waals surface area contributed by atoms with Crippen LogP contribution < -0.4 is 0 Å². The van der Waals surface area contributed by atoms with E-state index >= 15 is 0 Å². The van der Waals surface area contributed by atoms with E-state index in [9.17, 15) is 19.2 Å². The molecule has 0 bridgehead atoms. The molecule has 2 aromatic carbocycles. The minimum absolute atomic E-state index is 0.0764. The number of hydrogen-bond donors (Lipinski definition) is 0. The average Bonchev–Trinajstić information content (AvgIpc) is 2.86. The standard InChI is InChI=1S/C28H24O8/c1-33-17(29)11-35-25(31)27-21-15-9-5-3-7-13(15)20-22-16-10-6-4-8-14(16)19(21)23(27)28(22,24(20)27)26(32)36-12-18(30)34-2/h3-10,19-24H,11-12H2,1-2H3/t19-,20-,21+,22+,23?,24?,27?,28?/m0/s1. The predicted molar refractivity (Wildman–Crippen MR) is 122 cm³/mol. The van der Waals surface area contributed by atoms with Crippen LogP contribution in [0, 0.1) is 22.7 Å². The molecule has 8 nitrogen and oxygen atoms in total. The van der Waals surface area contributed by atoms with Gasteiger partial charge < -0.3 is 18.9 Å². The first-order valence-electron chi connectivity index (χ1n) is 12.1. The van der Waals surface area contributed by atoms with Crippen molar-refractivity contribution in [2.45, 2.75) is 23.7 Å². The monoisotopic (exact) mass is 488 g/mol. The highest BCUT2D eigenvalue weighted by molar-refractivity contribution is 5.98. The maximum absolute atomic E-state index is 13.8. The summed E-state index contributed by atoms with van der Waals surface area (Å²) in [6.07, 6.45) is 0.